The van der Waals surface area contributed by atoms with Crippen molar-refractivity contribution in [2.45, 2.75) is 38.1 Å². The first-order chi connectivity index (χ1) is 11.8. The van der Waals surface area contributed by atoms with Crippen molar-refractivity contribution in [2.75, 3.05) is 24.2 Å². The van der Waals surface area contributed by atoms with Gasteiger partial charge in [-0.15, -0.1) is 0 Å². The van der Waals surface area contributed by atoms with Crippen molar-refractivity contribution in [1.29, 1.82) is 0 Å². The number of nitrogens with zero attached hydrogens (tertiary/aromatic N) is 2. The molecule has 0 bridgehead atoms. The number of carbonyl (C=O) groups is 2. The molecule has 1 atom stereocenters. The van der Waals surface area contributed by atoms with E-state index in [1.165, 1.54) is 10.6 Å². The molecule has 0 aromatic heterocycles. The lowest BCUT2D eigenvalue weighted by Gasteiger charge is -2.43. The Hall–Kier alpha value is -1.93. The fourth-order valence-electron chi connectivity index (χ4n) is 3.76. The number of piperidine rings is 1. The molecule has 25 heavy (non-hydrogen) atoms. The minimum Gasteiger partial charge on any atom is -0.483 e. The maximum absolute atomic E-state index is 13.1. The predicted octanol–water partition coefficient (Wildman–Crippen LogP) is 1.62. The maximum Gasteiger partial charge on any atom is 0.290 e. The van der Waals surface area contributed by atoms with E-state index in [2.05, 4.69) is 0 Å². The Labute approximate surface area is 148 Å². The summed E-state index contributed by atoms with van der Waals surface area (Å²) in [5.74, 6) is -0.0643. The first-order valence-electron chi connectivity index (χ1n) is 8.20. The number of anilines is 1. The van der Waals surface area contributed by atoms with Crippen LogP contribution in [-0.4, -0.2) is 55.1 Å². The van der Waals surface area contributed by atoms with Crippen molar-refractivity contribution in [2.24, 2.45) is 0 Å². The Morgan fingerprint density at radius 2 is 1.64 bits per heavy atom. The standard InChI is InChI=1S/C16H22N2O3S.CH2O2/c1-13-5-7-14(8-6-13)17-11-3-9-16(15(17)19)10-4-12-18(16)22(2,20)21;2-1-3/h5-8H,3-4,9-12H2,1-2H3;1H,(H,2,3). The van der Waals surface area contributed by atoms with Gasteiger partial charge in [0.2, 0.25) is 15.9 Å². The van der Waals surface area contributed by atoms with Gasteiger partial charge in [0.15, 0.2) is 0 Å². The van der Waals surface area contributed by atoms with Gasteiger partial charge in [0.1, 0.15) is 5.54 Å². The molecule has 2 saturated heterocycles. The summed E-state index contributed by atoms with van der Waals surface area (Å²) >= 11 is 0. The number of carboxylic acid groups (broad SMARTS) is 1. The summed E-state index contributed by atoms with van der Waals surface area (Å²) in [5, 5.41) is 6.89. The van der Waals surface area contributed by atoms with Crippen LogP contribution in [0.3, 0.4) is 0 Å². The maximum atomic E-state index is 13.1. The molecule has 7 nitrogen and oxygen atoms in total. The molecular formula is C17H24N2O5S. The van der Waals surface area contributed by atoms with Crippen molar-refractivity contribution in [1.82, 2.24) is 4.31 Å². The third-order valence-electron chi connectivity index (χ3n) is 4.79. The number of aryl methyl sites for hydroxylation is 1. The molecule has 1 spiro atoms. The lowest BCUT2D eigenvalue weighted by molar-refractivity contribution is -0.128. The van der Waals surface area contributed by atoms with Gasteiger partial charge in [-0.2, -0.15) is 4.31 Å². The van der Waals surface area contributed by atoms with Gasteiger partial charge >= 0.3 is 0 Å². The molecule has 0 saturated carbocycles. The van der Waals surface area contributed by atoms with E-state index >= 15 is 0 Å². The molecule has 138 valence electrons. The summed E-state index contributed by atoms with van der Waals surface area (Å²) in [4.78, 5) is 23.2. The Morgan fingerprint density at radius 3 is 2.16 bits per heavy atom. The van der Waals surface area contributed by atoms with Gasteiger partial charge < -0.3 is 10.0 Å². The van der Waals surface area contributed by atoms with Crippen LogP contribution < -0.4 is 4.90 Å². The van der Waals surface area contributed by atoms with Gasteiger partial charge in [-0.05, 0) is 44.7 Å². The lowest BCUT2D eigenvalue weighted by Crippen LogP contribution is -2.61. The van der Waals surface area contributed by atoms with Crippen LogP contribution in [0.5, 0.6) is 0 Å². The minimum atomic E-state index is -3.37. The Morgan fingerprint density at radius 1 is 1.12 bits per heavy atom. The second kappa shape index (κ2) is 7.53. The normalized spacial score (nSPS) is 24.1. The quantitative estimate of drug-likeness (QED) is 0.801. The van der Waals surface area contributed by atoms with Crippen molar-refractivity contribution in [3.05, 3.63) is 29.8 Å². The van der Waals surface area contributed by atoms with E-state index in [-0.39, 0.29) is 12.4 Å². The van der Waals surface area contributed by atoms with E-state index in [0.717, 1.165) is 24.1 Å². The van der Waals surface area contributed by atoms with Crippen LogP contribution in [0.15, 0.2) is 24.3 Å². The van der Waals surface area contributed by atoms with E-state index in [1.807, 2.05) is 31.2 Å². The molecule has 0 radical (unpaired) electrons. The molecule has 1 aromatic carbocycles. The van der Waals surface area contributed by atoms with Crippen LogP contribution in [0.25, 0.3) is 0 Å². The van der Waals surface area contributed by atoms with Crippen LogP contribution in [0.1, 0.15) is 31.2 Å². The molecule has 1 aromatic rings. The SMILES string of the molecule is Cc1ccc(N2CCCC3(CCCN3S(C)(=O)=O)C2=O)cc1.O=CO. The molecule has 2 heterocycles. The summed E-state index contributed by atoms with van der Waals surface area (Å²) in [6.45, 7) is 2.86. The highest BCUT2D eigenvalue weighted by atomic mass is 32.2. The molecule has 2 aliphatic rings. The molecule has 1 amide bonds. The summed E-state index contributed by atoms with van der Waals surface area (Å²) < 4.78 is 25.6. The minimum absolute atomic E-state index is 0.0643. The third-order valence-corrected chi connectivity index (χ3v) is 6.12. The molecule has 3 rings (SSSR count). The third kappa shape index (κ3) is 3.85. The first-order valence-corrected chi connectivity index (χ1v) is 10.1. The van der Waals surface area contributed by atoms with Gasteiger partial charge in [0.25, 0.3) is 6.47 Å². The van der Waals surface area contributed by atoms with Gasteiger partial charge in [-0.1, -0.05) is 17.7 Å². The van der Waals surface area contributed by atoms with Gasteiger partial charge in [0.05, 0.1) is 6.26 Å². The van der Waals surface area contributed by atoms with Crippen molar-refractivity contribution in [3.63, 3.8) is 0 Å². The summed E-state index contributed by atoms with van der Waals surface area (Å²) in [7, 11) is -3.37. The van der Waals surface area contributed by atoms with Crippen LogP contribution >= 0.6 is 0 Å². The second-order valence-electron chi connectivity index (χ2n) is 6.47. The van der Waals surface area contributed by atoms with Crippen LogP contribution in [-0.2, 0) is 19.6 Å². The highest BCUT2D eigenvalue weighted by Crippen LogP contribution is 2.40. The number of amides is 1. The topological polar surface area (TPSA) is 95.0 Å². The largest absolute Gasteiger partial charge is 0.483 e. The smallest absolute Gasteiger partial charge is 0.290 e. The molecule has 1 unspecified atom stereocenters. The van der Waals surface area contributed by atoms with E-state index < -0.39 is 15.6 Å². The van der Waals surface area contributed by atoms with Gasteiger partial charge in [0, 0.05) is 18.8 Å². The highest BCUT2D eigenvalue weighted by Gasteiger charge is 2.54. The van der Waals surface area contributed by atoms with E-state index in [9.17, 15) is 13.2 Å². The van der Waals surface area contributed by atoms with Crippen molar-refractivity contribution >= 4 is 28.1 Å². The number of sulfonamides is 1. The summed E-state index contributed by atoms with van der Waals surface area (Å²) in [6, 6.07) is 7.83. The number of hydrogen-bond acceptors (Lipinski definition) is 4. The fourth-order valence-corrected chi connectivity index (χ4v) is 5.12. The number of benzene rings is 1. The molecule has 2 fully saturated rings. The molecule has 0 aliphatic carbocycles. The zero-order chi connectivity index (χ0) is 18.7. The van der Waals surface area contributed by atoms with Crippen LogP contribution in [0.4, 0.5) is 5.69 Å². The van der Waals surface area contributed by atoms with Gasteiger partial charge in [-0.3, -0.25) is 9.59 Å². The Kier molecular flexibility index (Phi) is 5.84. The average Bonchev–Trinajstić information content (AvgIpc) is 2.97. The molecule has 2 aliphatic heterocycles. The molecule has 1 N–H and O–H groups in total. The highest BCUT2D eigenvalue weighted by molar-refractivity contribution is 7.88. The van der Waals surface area contributed by atoms with Crippen LogP contribution in [0, 0.1) is 6.92 Å². The monoisotopic (exact) mass is 368 g/mol. The zero-order valence-corrected chi connectivity index (χ0v) is 15.3. The van der Waals surface area contributed by atoms with E-state index in [1.54, 1.807) is 4.90 Å². The number of rotatable bonds is 2. The van der Waals surface area contributed by atoms with E-state index in [4.69, 9.17) is 9.90 Å². The predicted molar refractivity (Wildman–Crippen MR) is 95.0 cm³/mol. The first kappa shape index (κ1) is 19.4. The number of hydrogen-bond donors (Lipinski definition) is 1. The lowest BCUT2D eigenvalue weighted by atomic mass is 9.86. The van der Waals surface area contributed by atoms with E-state index in [0.29, 0.717) is 25.9 Å². The summed E-state index contributed by atoms with van der Waals surface area (Å²) in [5.41, 5.74) is 1.13. The molecule has 8 heteroatoms. The zero-order valence-electron chi connectivity index (χ0n) is 14.5. The van der Waals surface area contributed by atoms with Crippen LogP contribution in [0.2, 0.25) is 0 Å². The fraction of sp³-hybridized carbons (Fsp3) is 0.529. The van der Waals surface area contributed by atoms with Crippen molar-refractivity contribution < 1.29 is 23.1 Å². The Bertz CT molecular complexity index is 732. The van der Waals surface area contributed by atoms with Gasteiger partial charge in [-0.25, -0.2) is 8.42 Å². The molecular weight excluding hydrogens is 344 g/mol. The second-order valence-corrected chi connectivity index (χ2v) is 8.38. The average molecular weight is 368 g/mol. The Balaban J connectivity index is 0.000000701. The number of carbonyl (C=O) groups excluding carboxylic acids is 1. The summed E-state index contributed by atoms with van der Waals surface area (Å²) in [6.07, 6.45) is 4.03. The van der Waals surface area contributed by atoms with Crippen molar-refractivity contribution in [3.8, 4) is 0 Å².